The Morgan fingerprint density at radius 3 is 2.07 bits per heavy atom. The summed E-state index contributed by atoms with van der Waals surface area (Å²) in [5.74, 6) is -0.688. The number of hydrogen-bond donors (Lipinski definition) is 2. The molecule has 43 heavy (non-hydrogen) atoms. The second-order valence-corrected chi connectivity index (χ2v) is 13.1. The van der Waals surface area contributed by atoms with Crippen LogP contribution in [0.25, 0.3) is 0 Å². The second kappa shape index (κ2) is 14.6. The van der Waals surface area contributed by atoms with E-state index in [-0.39, 0.29) is 17.9 Å². The largest absolute Gasteiger partial charge is 0.494 e. The zero-order chi connectivity index (χ0) is 31.0. The molecule has 0 bridgehead atoms. The minimum absolute atomic E-state index is 0.0859. The fourth-order valence-electron chi connectivity index (χ4n) is 4.97. The van der Waals surface area contributed by atoms with Crippen molar-refractivity contribution in [2.75, 3.05) is 29.5 Å². The van der Waals surface area contributed by atoms with E-state index in [1.807, 2.05) is 54.6 Å². The van der Waals surface area contributed by atoms with Crippen molar-refractivity contribution in [3.63, 3.8) is 0 Å². The van der Waals surface area contributed by atoms with Crippen LogP contribution in [0.15, 0.2) is 60.7 Å². The highest BCUT2D eigenvalue weighted by Crippen LogP contribution is 2.30. The van der Waals surface area contributed by atoms with Gasteiger partial charge in [-0.25, -0.2) is 9.59 Å². The molecule has 2 N–H and O–H groups in total. The zero-order valence-electron chi connectivity index (χ0n) is 25.6. The van der Waals surface area contributed by atoms with E-state index in [9.17, 15) is 19.5 Å². The van der Waals surface area contributed by atoms with Gasteiger partial charge >= 0.3 is 12.0 Å². The van der Waals surface area contributed by atoms with Crippen LogP contribution in [0.4, 0.5) is 16.2 Å². The molecule has 3 amide bonds. The van der Waals surface area contributed by atoms with Crippen LogP contribution < -0.4 is 19.9 Å². The molecule has 9 heteroatoms. The summed E-state index contributed by atoms with van der Waals surface area (Å²) in [4.78, 5) is 43.0. The molecule has 230 valence electrons. The lowest BCUT2D eigenvalue weighted by atomic mass is 9.95. The number of ether oxygens (including phenoxy) is 1. The average Bonchev–Trinajstić information content (AvgIpc) is 3.63. The van der Waals surface area contributed by atoms with Gasteiger partial charge in [0.25, 0.3) is 5.91 Å². The van der Waals surface area contributed by atoms with Crippen LogP contribution in [0.1, 0.15) is 79.9 Å². The lowest BCUT2D eigenvalue weighted by Crippen LogP contribution is -2.42. The Bertz CT molecular complexity index is 1380. The van der Waals surface area contributed by atoms with E-state index in [0.29, 0.717) is 24.6 Å². The molecule has 1 aliphatic heterocycles. The number of nitrogens with one attached hydrogen (secondary N) is 1. The van der Waals surface area contributed by atoms with E-state index in [1.54, 1.807) is 15.9 Å². The number of carbonyl (C=O) groups excluding carboxylic acids is 2. The highest BCUT2D eigenvalue weighted by molar-refractivity contribution is 7.14. The van der Waals surface area contributed by atoms with E-state index in [4.69, 9.17) is 4.74 Å². The third-order valence-corrected chi connectivity index (χ3v) is 9.04. The van der Waals surface area contributed by atoms with Gasteiger partial charge in [0.1, 0.15) is 11.8 Å². The predicted octanol–water partition coefficient (Wildman–Crippen LogP) is 7.27. The first-order chi connectivity index (χ1) is 20.6. The van der Waals surface area contributed by atoms with Gasteiger partial charge in [0, 0.05) is 35.8 Å². The normalized spacial score (nSPS) is 14.2. The number of carbonyl (C=O) groups is 3. The van der Waals surface area contributed by atoms with Crippen LogP contribution in [-0.4, -0.2) is 48.8 Å². The maximum atomic E-state index is 13.3. The molecule has 4 rings (SSSR count). The summed E-state index contributed by atoms with van der Waals surface area (Å²) in [6.45, 7) is 10.2. The number of benzene rings is 2. The number of carboxylic acid groups (broad SMARTS) is 1. The second-order valence-electron chi connectivity index (χ2n) is 12.0. The van der Waals surface area contributed by atoms with E-state index >= 15 is 0 Å². The summed E-state index contributed by atoms with van der Waals surface area (Å²) < 4.78 is 5.86. The number of urea groups is 1. The Morgan fingerprint density at radius 2 is 1.51 bits per heavy atom. The minimum Gasteiger partial charge on any atom is -0.494 e. The topological polar surface area (TPSA) is 99.2 Å². The van der Waals surface area contributed by atoms with E-state index < -0.39 is 17.9 Å². The van der Waals surface area contributed by atoms with Crippen molar-refractivity contribution in [3.8, 4) is 5.75 Å². The number of unbranched alkanes of at least 4 members (excludes halogenated alkanes) is 4. The first kappa shape index (κ1) is 32.1. The van der Waals surface area contributed by atoms with Crippen LogP contribution in [0.2, 0.25) is 0 Å². The fourth-order valence-corrected chi connectivity index (χ4v) is 5.94. The summed E-state index contributed by atoms with van der Waals surface area (Å²) >= 11 is 1.38. The standard InChI is InChI=1S/C34H43N3O5S/c1-5-6-7-8-9-22-42-27-16-14-26(15-17-27)37-21-20-36(33(37)41)25-12-10-24(11-13-25)23-28(32(39)40)35-31(38)29-18-19-30(43-29)34(2,3)4/h10-19,28H,5-9,20-23H2,1-4H3,(H,35,38)(H,39,40)/t28-/m0/s1. The molecule has 1 aromatic heterocycles. The van der Waals surface area contributed by atoms with Crippen LogP contribution >= 0.6 is 11.3 Å². The lowest BCUT2D eigenvalue weighted by Gasteiger charge is -2.20. The Balaban J connectivity index is 1.31. The van der Waals surface area contributed by atoms with Gasteiger partial charge in [0.05, 0.1) is 11.5 Å². The molecule has 0 aliphatic carbocycles. The van der Waals surface area contributed by atoms with E-state index in [0.717, 1.165) is 34.0 Å². The molecule has 1 aliphatic rings. The molecule has 0 radical (unpaired) electrons. The number of thiophene rings is 1. The number of amides is 3. The first-order valence-electron chi connectivity index (χ1n) is 15.1. The molecular formula is C34H43N3O5S. The molecule has 2 aromatic carbocycles. The lowest BCUT2D eigenvalue weighted by molar-refractivity contribution is -0.139. The summed E-state index contributed by atoms with van der Waals surface area (Å²) in [5.41, 5.74) is 2.23. The Morgan fingerprint density at radius 1 is 0.907 bits per heavy atom. The van der Waals surface area contributed by atoms with Crippen molar-refractivity contribution in [2.45, 2.75) is 77.7 Å². The van der Waals surface area contributed by atoms with Gasteiger partial charge in [0.15, 0.2) is 0 Å². The van der Waals surface area contributed by atoms with Crippen LogP contribution in [0, 0.1) is 0 Å². The first-order valence-corrected chi connectivity index (χ1v) is 15.9. The molecule has 3 aromatic rings. The van der Waals surface area contributed by atoms with Crippen molar-refractivity contribution in [2.24, 2.45) is 0 Å². The van der Waals surface area contributed by atoms with Crippen molar-refractivity contribution in [1.82, 2.24) is 5.32 Å². The molecule has 0 spiro atoms. The van der Waals surface area contributed by atoms with Gasteiger partial charge in [0.2, 0.25) is 0 Å². The number of carboxylic acids is 1. The Labute approximate surface area is 258 Å². The number of nitrogens with zero attached hydrogens (tertiary/aromatic N) is 2. The highest BCUT2D eigenvalue weighted by atomic mass is 32.1. The zero-order valence-corrected chi connectivity index (χ0v) is 26.4. The number of rotatable bonds is 14. The van der Waals surface area contributed by atoms with Crippen molar-refractivity contribution in [1.29, 1.82) is 0 Å². The Kier molecular flexibility index (Phi) is 10.9. The molecule has 2 heterocycles. The summed E-state index contributed by atoms with van der Waals surface area (Å²) in [7, 11) is 0. The third kappa shape index (κ3) is 8.60. The quantitative estimate of drug-likeness (QED) is 0.188. The van der Waals surface area contributed by atoms with Crippen molar-refractivity contribution < 1.29 is 24.2 Å². The Hall–Kier alpha value is -3.85. The van der Waals surface area contributed by atoms with Gasteiger partial charge in [-0.05, 0) is 65.9 Å². The summed E-state index contributed by atoms with van der Waals surface area (Å²) in [6.07, 6.45) is 6.08. The molecule has 0 unspecified atom stereocenters. The molecule has 1 saturated heterocycles. The van der Waals surface area contributed by atoms with Gasteiger partial charge in [-0.3, -0.25) is 14.6 Å². The monoisotopic (exact) mass is 605 g/mol. The average molecular weight is 606 g/mol. The molecular weight excluding hydrogens is 562 g/mol. The fraction of sp³-hybridized carbons (Fsp3) is 0.441. The van der Waals surface area contributed by atoms with Gasteiger partial charge in [-0.15, -0.1) is 11.3 Å². The van der Waals surface area contributed by atoms with Crippen LogP contribution in [0.3, 0.4) is 0 Å². The van der Waals surface area contributed by atoms with Gasteiger partial charge in [-0.2, -0.15) is 0 Å². The highest BCUT2D eigenvalue weighted by Gasteiger charge is 2.31. The van der Waals surface area contributed by atoms with Crippen LogP contribution in [-0.2, 0) is 16.6 Å². The molecule has 8 nitrogen and oxygen atoms in total. The van der Waals surface area contributed by atoms with Crippen molar-refractivity contribution in [3.05, 3.63) is 76.0 Å². The van der Waals surface area contributed by atoms with E-state index in [2.05, 4.69) is 33.0 Å². The SMILES string of the molecule is CCCCCCCOc1ccc(N2CCN(c3ccc(C[C@H](NC(=O)c4ccc(C(C)(C)C)s4)C(=O)O)cc3)C2=O)cc1. The number of anilines is 2. The maximum Gasteiger partial charge on any atom is 0.329 e. The number of hydrogen-bond acceptors (Lipinski definition) is 5. The predicted molar refractivity (Wildman–Crippen MR) is 173 cm³/mol. The number of aliphatic carboxylic acids is 1. The summed E-state index contributed by atoms with van der Waals surface area (Å²) in [6, 6.07) is 17.4. The minimum atomic E-state index is -1.10. The maximum absolute atomic E-state index is 13.3. The summed E-state index contributed by atoms with van der Waals surface area (Å²) in [5, 5.41) is 12.4. The van der Waals surface area contributed by atoms with Crippen LogP contribution in [0.5, 0.6) is 5.75 Å². The smallest absolute Gasteiger partial charge is 0.329 e. The van der Waals surface area contributed by atoms with Crippen molar-refractivity contribution >= 4 is 40.6 Å². The van der Waals surface area contributed by atoms with Gasteiger partial charge < -0.3 is 15.2 Å². The molecule has 0 saturated carbocycles. The molecule has 1 atom stereocenters. The van der Waals surface area contributed by atoms with Gasteiger partial charge in [-0.1, -0.05) is 65.5 Å². The van der Waals surface area contributed by atoms with E-state index in [1.165, 1.54) is 37.0 Å². The molecule has 1 fully saturated rings. The third-order valence-electron chi connectivity index (χ3n) is 7.53.